The van der Waals surface area contributed by atoms with Gasteiger partial charge in [0, 0.05) is 17.4 Å². The van der Waals surface area contributed by atoms with Crippen molar-refractivity contribution in [3.63, 3.8) is 0 Å². The number of benzene rings is 2. The molecule has 26 heavy (non-hydrogen) atoms. The second-order valence-electron chi connectivity index (χ2n) is 5.83. The van der Waals surface area contributed by atoms with Gasteiger partial charge in [0.1, 0.15) is 6.07 Å². The summed E-state index contributed by atoms with van der Waals surface area (Å²) >= 11 is 0. The summed E-state index contributed by atoms with van der Waals surface area (Å²) < 4.78 is 0. The lowest BCUT2D eigenvalue weighted by Crippen LogP contribution is -2.11. The molecule has 0 unspecified atom stereocenters. The summed E-state index contributed by atoms with van der Waals surface area (Å²) in [6.07, 6.45) is 3.41. The van der Waals surface area contributed by atoms with Crippen LogP contribution in [0.25, 0.3) is 11.6 Å². The molecule has 0 saturated heterocycles. The van der Waals surface area contributed by atoms with Gasteiger partial charge in [-0.05, 0) is 55.0 Å². The summed E-state index contributed by atoms with van der Waals surface area (Å²) in [6.45, 7) is 1.98. The van der Waals surface area contributed by atoms with Gasteiger partial charge in [-0.1, -0.05) is 35.9 Å². The van der Waals surface area contributed by atoms with Crippen LogP contribution in [0.5, 0.6) is 0 Å². The molecule has 0 atom stereocenters. The first-order chi connectivity index (χ1) is 12.7. The maximum Gasteiger partial charge on any atom is 0.255 e. The van der Waals surface area contributed by atoms with Gasteiger partial charge in [-0.2, -0.15) is 5.26 Å². The van der Waals surface area contributed by atoms with Crippen LogP contribution in [0.15, 0.2) is 72.9 Å². The molecular formula is C22H17N3O. The lowest BCUT2D eigenvalue weighted by atomic mass is 10.1. The molecule has 1 aromatic heterocycles. The van der Waals surface area contributed by atoms with Crippen LogP contribution in [-0.2, 0) is 0 Å². The summed E-state index contributed by atoms with van der Waals surface area (Å²) in [5.74, 6) is -0.170. The van der Waals surface area contributed by atoms with Gasteiger partial charge in [0.05, 0.1) is 11.3 Å². The molecule has 0 saturated carbocycles. The molecule has 2 aromatic carbocycles. The normalized spacial score (nSPS) is 10.8. The van der Waals surface area contributed by atoms with E-state index in [0.29, 0.717) is 22.5 Å². The monoisotopic (exact) mass is 339 g/mol. The minimum absolute atomic E-state index is 0.170. The predicted octanol–water partition coefficient (Wildman–Crippen LogP) is 4.71. The number of nitrogens with one attached hydrogen (secondary N) is 1. The van der Waals surface area contributed by atoms with Crippen LogP contribution in [0, 0.1) is 18.3 Å². The van der Waals surface area contributed by atoms with Crippen molar-refractivity contribution in [2.24, 2.45) is 0 Å². The van der Waals surface area contributed by atoms with Crippen molar-refractivity contribution in [2.75, 3.05) is 5.32 Å². The molecule has 1 heterocycles. The summed E-state index contributed by atoms with van der Waals surface area (Å²) in [5, 5.41) is 12.3. The van der Waals surface area contributed by atoms with Gasteiger partial charge in [-0.25, -0.2) is 0 Å². The number of pyridine rings is 1. The lowest BCUT2D eigenvalue weighted by molar-refractivity contribution is 0.102. The number of amides is 1. The number of aromatic nitrogens is 1. The highest BCUT2D eigenvalue weighted by Crippen LogP contribution is 2.19. The fourth-order valence-electron chi connectivity index (χ4n) is 2.47. The highest BCUT2D eigenvalue weighted by atomic mass is 16.1. The number of allylic oxidation sites excluding steroid dienone is 1. The summed E-state index contributed by atoms with van der Waals surface area (Å²) in [6, 6.07) is 22.4. The van der Waals surface area contributed by atoms with E-state index in [1.165, 1.54) is 0 Å². The van der Waals surface area contributed by atoms with Crippen LogP contribution in [0.2, 0.25) is 0 Å². The molecule has 0 fully saturated rings. The van der Waals surface area contributed by atoms with Crippen molar-refractivity contribution in [1.82, 2.24) is 4.98 Å². The molecule has 0 bridgehead atoms. The molecule has 4 nitrogen and oxygen atoms in total. The van der Waals surface area contributed by atoms with E-state index in [9.17, 15) is 10.1 Å². The summed E-state index contributed by atoms with van der Waals surface area (Å²) in [5.41, 5.74) is 4.27. The molecular weight excluding hydrogens is 322 g/mol. The number of carbonyl (C=O) groups excluding carboxylic acids is 1. The van der Waals surface area contributed by atoms with E-state index >= 15 is 0 Å². The number of nitrogens with zero attached hydrogens (tertiary/aromatic N) is 2. The molecule has 0 aliphatic heterocycles. The first kappa shape index (κ1) is 17.1. The van der Waals surface area contributed by atoms with Crippen LogP contribution in [0.1, 0.15) is 27.2 Å². The number of hydrogen-bond donors (Lipinski definition) is 1. The Balaban J connectivity index is 1.82. The van der Waals surface area contributed by atoms with Crippen LogP contribution >= 0.6 is 0 Å². The minimum atomic E-state index is -0.170. The molecule has 0 aliphatic carbocycles. The van der Waals surface area contributed by atoms with E-state index in [1.54, 1.807) is 36.5 Å². The number of nitriles is 1. The van der Waals surface area contributed by atoms with Crippen LogP contribution in [0.3, 0.4) is 0 Å². The van der Waals surface area contributed by atoms with Crippen LogP contribution in [-0.4, -0.2) is 10.9 Å². The van der Waals surface area contributed by atoms with Crippen molar-refractivity contribution in [3.8, 4) is 6.07 Å². The zero-order valence-corrected chi connectivity index (χ0v) is 14.3. The predicted molar refractivity (Wildman–Crippen MR) is 103 cm³/mol. The second kappa shape index (κ2) is 7.91. The van der Waals surface area contributed by atoms with Crippen molar-refractivity contribution in [3.05, 3.63) is 95.3 Å². The van der Waals surface area contributed by atoms with Crippen molar-refractivity contribution in [2.45, 2.75) is 6.92 Å². The fraction of sp³-hybridized carbons (Fsp3) is 0.0455. The quantitative estimate of drug-likeness (QED) is 0.700. The third-order valence-corrected chi connectivity index (χ3v) is 3.83. The highest BCUT2D eigenvalue weighted by Gasteiger charge is 2.06. The molecule has 0 aliphatic rings. The number of aryl methyl sites for hydroxylation is 1. The summed E-state index contributed by atoms with van der Waals surface area (Å²) in [4.78, 5) is 16.6. The molecule has 1 amide bonds. The van der Waals surface area contributed by atoms with Crippen molar-refractivity contribution in [1.29, 1.82) is 5.26 Å². The van der Waals surface area contributed by atoms with Gasteiger partial charge in [-0.3, -0.25) is 9.78 Å². The highest BCUT2D eigenvalue weighted by molar-refractivity contribution is 6.04. The van der Waals surface area contributed by atoms with E-state index in [1.807, 2.05) is 49.4 Å². The Morgan fingerprint density at radius 2 is 1.88 bits per heavy atom. The first-order valence-corrected chi connectivity index (χ1v) is 8.17. The van der Waals surface area contributed by atoms with E-state index < -0.39 is 0 Å². The van der Waals surface area contributed by atoms with Gasteiger partial charge in [-0.15, -0.1) is 0 Å². The molecule has 3 aromatic rings. The second-order valence-corrected chi connectivity index (χ2v) is 5.83. The van der Waals surface area contributed by atoms with Crippen molar-refractivity contribution < 1.29 is 4.79 Å². The molecule has 126 valence electrons. The number of rotatable bonds is 4. The van der Waals surface area contributed by atoms with Crippen molar-refractivity contribution >= 4 is 23.2 Å². The maximum absolute atomic E-state index is 12.3. The SMILES string of the molecule is Cc1ccc(C(=O)Nc2cccc(C=C(C#N)c3ccccn3)c2)cc1. The Kier molecular flexibility index (Phi) is 5.21. The van der Waals surface area contributed by atoms with Gasteiger partial charge in [0.15, 0.2) is 0 Å². The van der Waals surface area contributed by atoms with E-state index in [4.69, 9.17) is 0 Å². The Bertz CT molecular complexity index is 984. The number of anilines is 1. The third kappa shape index (κ3) is 4.22. The van der Waals surface area contributed by atoms with E-state index in [-0.39, 0.29) is 5.91 Å². The topological polar surface area (TPSA) is 65.8 Å². The van der Waals surface area contributed by atoms with Gasteiger partial charge in [0.2, 0.25) is 0 Å². The van der Waals surface area contributed by atoms with Crippen LogP contribution < -0.4 is 5.32 Å². The lowest BCUT2D eigenvalue weighted by Gasteiger charge is -2.07. The Labute approximate surface area is 152 Å². The molecule has 4 heteroatoms. The standard InChI is InChI=1S/C22H17N3O/c1-16-8-10-18(11-9-16)22(26)25-20-6-4-5-17(14-20)13-19(15-23)21-7-2-3-12-24-21/h2-14H,1H3,(H,25,26). The average Bonchev–Trinajstić information content (AvgIpc) is 2.67. The molecule has 1 N–H and O–H groups in total. The summed E-state index contributed by atoms with van der Waals surface area (Å²) in [7, 11) is 0. The molecule has 0 radical (unpaired) electrons. The van der Waals surface area contributed by atoms with E-state index in [0.717, 1.165) is 11.1 Å². The largest absolute Gasteiger partial charge is 0.322 e. The smallest absolute Gasteiger partial charge is 0.255 e. The number of carbonyl (C=O) groups is 1. The van der Waals surface area contributed by atoms with E-state index in [2.05, 4.69) is 16.4 Å². The third-order valence-electron chi connectivity index (χ3n) is 3.83. The fourth-order valence-corrected chi connectivity index (χ4v) is 2.47. The maximum atomic E-state index is 12.3. The van der Waals surface area contributed by atoms with Gasteiger partial charge < -0.3 is 5.32 Å². The Morgan fingerprint density at radius 3 is 2.58 bits per heavy atom. The van der Waals surface area contributed by atoms with Gasteiger partial charge >= 0.3 is 0 Å². The number of hydrogen-bond acceptors (Lipinski definition) is 3. The zero-order valence-electron chi connectivity index (χ0n) is 14.3. The zero-order chi connectivity index (χ0) is 18.4. The average molecular weight is 339 g/mol. The molecule has 0 spiro atoms. The Morgan fingerprint density at radius 1 is 1.08 bits per heavy atom. The van der Waals surface area contributed by atoms with Gasteiger partial charge in [0.25, 0.3) is 5.91 Å². The Hall–Kier alpha value is -3.71. The molecule has 3 rings (SSSR count). The van der Waals surface area contributed by atoms with Crippen LogP contribution in [0.4, 0.5) is 5.69 Å². The minimum Gasteiger partial charge on any atom is -0.322 e. The first-order valence-electron chi connectivity index (χ1n) is 8.17.